The van der Waals surface area contributed by atoms with Gasteiger partial charge in [-0.1, -0.05) is 35.6 Å². The van der Waals surface area contributed by atoms with Crippen molar-refractivity contribution in [2.24, 2.45) is 0 Å². The Kier molecular flexibility index (Phi) is 4.13. The molecule has 2 rings (SSSR count). The van der Waals surface area contributed by atoms with Gasteiger partial charge in [-0.05, 0) is 18.2 Å². The number of carbonyl (C=O) groups is 1. The summed E-state index contributed by atoms with van der Waals surface area (Å²) in [6.07, 6.45) is 1.66. The third-order valence-electron chi connectivity index (χ3n) is 2.32. The fourth-order valence-electron chi connectivity index (χ4n) is 1.56. The lowest BCUT2D eigenvalue weighted by Crippen LogP contribution is -2.28. The molecule has 0 spiro atoms. The van der Waals surface area contributed by atoms with E-state index in [-0.39, 0.29) is 16.6 Å². The molecule has 0 atom stereocenters. The zero-order valence-corrected chi connectivity index (χ0v) is 12.6. The van der Waals surface area contributed by atoms with Gasteiger partial charge in [-0.3, -0.25) is 9.69 Å². The average Bonchev–Trinajstić information content (AvgIpc) is 2.55. The summed E-state index contributed by atoms with van der Waals surface area (Å²) in [5, 5.41) is 0.274. The Morgan fingerprint density at radius 1 is 1.47 bits per heavy atom. The Balaban J connectivity index is 2.41. The molecule has 100 valence electrons. The number of thioether (sulfide) groups is 1. The van der Waals surface area contributed by atoms with Crippen LogP contribution in [0.15, 0.2) is 29.3 Å². The van der Waals surface area contributed by atoms with Crippen LogP contribution in [-0.4, -0.2) is 29.2 Å². The van der Waals surface area contributed by atoms with E-state index in [4.69, 9.17) is 23.8 Å². The lowest BCUT2D eigenvalue weighted by Gasteiger charge is -2.15. The van der Waals surface area contributed by atoms with Gasteiger partial charge in [0, 0.05) is 25.3 Å². The number of nitrogens with zero attached hydrogens (tertiary/aromatic N) is 2. The first kappa shape index (κ1) is 14.3. The second-order valence-electron chi connectivity index (χ2n) is 4.06. The molecule has 0 aromatic heterocycles. The van der Waals surface area contributed by atoms with Crippen molar-refractivity contribution in [2.75, 3.05) is 19.0 Å². The SMILES string of the molecule is CN(C)/C=C1/SC(=S)N(c2ccc(Cl)cc2F)C1=O. The van der Waals surface area contributed by atoms with Gasteiger partial charge in [0.2, 0.25) is 0 Å². The normalized spacial score (nSPS) is 17.5. The maximum atomic E-state index is 13.9. The smallest absolute Gasteiger partial charge is 0.272 e. The van der Waals surface area contributed by atoms with E-state index >= 15 is 0 Å². The maximum absolute atomic E-state index is 13.9. The van der Waals surface area contributed by atoms with Gasteiger partial charge in [-0.15, -0.1) is 0 Å². The number of thiocarbonyl (C=S) groups is 1. The number of anilines is 1. The molecular weight excluding hydrogens is 307 g/mol. The quantitative estimate of drug-likeness (QED) is 0.617. The highest BCUT2D eigenvalue weighted by atomic mass is 35.5. The summed E-state index contributed by atoms with van der Waals surface area (Å²) in [6.45, 7) is 0. The van der Waals surface area contributed by atoms with Gasteiger partial charge in [-0.25, -0.2) is 4.39 Å². The van der Waals surface area contributed by atoms with Gasteiger partial charge in [0.15, 0.2) is 4.32 Å². The standard InChI is InChI=1S/C12H10ClFN2OS2/c1-15(2)6-10-11(17)16(12(18)19-10)9-4-3-7(13)5-8(9)14/h3-6H,1-2H3/b10-6+. The molecular formula is C12H10ClFN2OS2. The van der Waals surface area contributed by atoms with Crippen LogP contribution in [0, 0.1) is 5.82 Å². The van der Waals surface area contributed by atoms with Crippen molar-refractivity contribution in [3.63, 3.8) is 0 Å². The van der Waals surface area contributed by atoms with E-state index in [1.54, 1.807) is 25.2 Å². The second-order valence-corrected chi connectivity index (χ2v) is 6.17. The van der Waals surface area contributed by atoms with Crippen molar-refractivity contribution in [3.8, 4) is 0 Å². The molecule has 0 radical (unpaired) electrons. The topological polar surface area (TPSA) is 23.6 Å². The molecule has 1 aliphatic heterocycles. The third kappa shape index (κ3) is 2.91. The number of benzene rings is 1. The summed E-state index contributed by atoms with van der Waals surface area (Å²) in [7, 11) is 3.60. The minimum atomic E-state index is -0.574. The molecule has 0 aliphatic carbocycles. The zero-order valence-electron chi connectivity index (χ0n) is 10.2. The molecule has 1 saturated heterocycles. The zero-order chi connectivity index (χ0) is 14.2. The summed E-state index contributed by atoms with van der Waals surface area (Å²) < 4.78 is 14.2. The van der Waals surface area contributed by atoms with E-state index in [0.29, 0.717) is 9.23 Å². The van der Waals surface area contributed by atoms with Gasteiger partial charge in [0.1, 0.15) is 5.82 Å². The Labute approximate surface area is 125 Å². The van der Waals surface area contributed by atoms with E-state index in [0.717, 1.165) is 17.8 Å². The molecule has 1 aromatic rings. The number of amides is 1. The van der Waals surface area contributed by atoms with Crippen LogP contribution in [0.1, 0.15) is 0 Å². The number of halogens is 2. The highest BCUT2D eigenvalue weighted by Crippen LogP contribution is 2.36. The van der Waals surface area contributed by atoms with Crippen LogP contribution in [0.4, 0.5) is 10.1 Å². The Hall–Kier alpha value is -1.11. The first-order chi connectivity index (χ1) is 8.90. The molecule has 19 heavy (non-hydrogen) atoms. The number of hydrogen-bond acceptors (Lipinski definition) is 4. The summed E-state index contributed by atoms with van der Waals surface area (Å²) in [6, 6.07) is 4.13. The van der Waals surface area contributed by atoms with Crippen molar-refractivity contribution < 1.29 is 9.18 Å². The van der Waals surface area contributed by atoms with E-state index in [1.807, 2.05) is 0 Å². The van der Waals surface area contributed by atoms with Gasteiger partial charge in [-0.2, -0.15) is 0 Å². The van der Waals surface area contributed by atoms with Crippen LogP contribution in [0.3, 0.4) is 0 Å². The van der Waals surface area contributed by atoms with Gasteiger partial charge < -0.3 is 4.90 Å². The predicted molar refractivity (Wildman–Crippen MR) is 80.9 cm³/mol. The first-order valence-corrected chi connectivity index (χ1v) is 6.90. The molecule has 3 nitrogen and oxygen atoms in total. The molecule has 1 fully saturated rings. The van der Waals surface area contributed by atoms with Crippen molar-refractivity contribution in [1.82, 2.24) is 4.90 Å². The molecule has 0 N–H and O–H groups in total. The van der Waals surface area contributed by atoms with Crippen LogP contribution < -0.4 is 4.90 Å². The summed E-state index contributed by atoms with van der Waals surface area (Å²) in [5.41, 5.74) is 0.119. The van der Waals surface area contributed by atoms with Crippen LogP contribution in [0.2, 0.25) is 5.02 Å². The first-order valence-electron chi connectivity index (χ1n) is 5.29. The van der Waals surface area contributed by atoms with Gasteiger partial charge in [0.05, 0.1) is 10.6 Å². The van der Waals surface area contributed by atoms with E-state index in [1.165, 1.54) is 17.0 Å². The summed E-state index contributed by atoms with van der Waals surface area (Å²) >= 11 is 12.0. The molecule has 0 bridgehead atoms. The maximum Gasteiger partial charge on any atom is 0.272 e. The minimum Gasteiger partial charge on any atom is -0.382 e. The third-order valence-corrected chi connectivity index (χ3v) is 3.84. The number of rotatable bonds is 2. The summed E-state index contributed by atoms with van der Waals surface area (Å²) in [4.78, 5) is 15.6. The van der Waals surface area contributed by atoms with Crippen LogP contribution >= 0.6 is 35.6 Å². The minimum absolute atomic E-state index is 0.119. The van der Waals surface area contributed by atoms with Crippen LogP contribution in [0.25, 0.3) is 0 Å². The molecule has 1 aliphatic rings. The lowest BCUT2D eigenvalue weighted by molar-refractivity contribution is -0.113. The van der Waals surface area contributed by atoms with Crippen LogP contribution in [0.5, 0.6) is 0 Å². The van der Waals surface area contributed by atoms with Gasteiger partial charge >= 0.3 is 0 Å². The summed E-state index contributed by atoms with van der Waals surface area (Å²) in [5.74, 6) is -0.903. The fraction of sp³-hybridized carbons (Fsp3) is 0.167. The molecule has 7 heteroatoms. The monoisotopic (exact) mass is 316 g/mol. The van der Waals surface area contributed by atoms with E-state index in [9.17, 15) is 9.18 Å². The molecule has 1 aromatic carbocycles. The Bertz CT molecular complexity index is 589. The molecule has 1 amide bonds. The number of hydrogen-bond donors (Lipinski definition) is 0. The predicted octanol–water partition coefficient (Wildman–Crippen LogP) is 3.25. The lowest BCUT2D eigenvalue weighted by atomic mass is 10.2. The Morgan fingerprint density at radius 3 is 2.74 bits per heavy atom. The second kappa shape index (κ2) is 5.48. The van der Waals surface area contributed by atoms with Crippen molar-refractivity contribution in [2.45, 2.75) is 0 Å². The Morgan fingerprint density at radius 2 is 2.16 bits per heavy atom. The van der Waals surface area contributed by atoms with Crippen LogP contribution in [-0.2, 0) is 4.79 Å². The van der Waals surface area contributed by atoms with Crippen molar-refractivity contribution >= 4 is 51.5 Å². The fourth-order valence-corrected chi connectivity index (χ4v) is 3.08. The molecule has 1 heterocycles. The highest BCUT2D eigenvalue weighted by molar-refractivity contribution is 8.27. The molecule has 0 saturated carbocycles. The highest BCUT2D eigenvalue weighted by Gasteiger charge is 2.35. The van der Waals surface area contributed by atoms with Gasteiger partial charge in [0.25, 0.3) is 5.91 Å². The largest absolute Gasteiger partial charge is 0.382 e. The van der Waals surface area contributed by atoms with Crippen molar-refractivity contribution in [1.29, 1.82) is 0 Å². The molecule has 0 unspecified atom stereocenters. The number of carbonyl (C=O) groups excluding carboxylic acids is 1. The van der Waals surface area contributed by atoms with E-state index in [2.05, 4.69) is 0 Å². The average molecular weight is 317 g/mol. The van der Waals surface area contributed by atoms with E-state index < -0.39 is 5.82 Å². The van der Waals surface area contributed by atoms with Crippen molar-refractivity contribution in [3.05, 3.63) is 40.1 Å².